The van der Waals surface area contributed by atoms with E-state index < -0.39 is 29.6 Å². The molecule has 5 N–H and O–H groups in total. The van der Waals surface area contributed by atoms with Gasteiger partial charge in [0.25, 0.3) is 0 Å². The van der Waals surface area contributed by atoms with Crippen molar-refractivity contribution in [1.82, 2.24) is 14.5 Å². The number of hydrogen-bond donors (Lipinski definition) is 4. The Morgan fingerprint density at radius 1 is 1.40 bits per heavy atom. The maximum atomic E-state index is 10.6. The van der Waals surface area contributed by atoms with Gasteiger partial charge in [0.2, 0.25) is 0 Å². The minimum absolute atomic E-state index is 0.329. The standard InChI is InChI=1S/C12H14N4O4/c1-11(18)10(20-7-6(17)12(7,11)19)16-3-2-5-8(13)14-4-15-9(5)16/h2-4,6-7,10,17-19H,1H3,(H2,13,14,15)/t6?,7-,10?,11+,12-/m1/s1. The van der Waals surface area contributed by atoms with Gasteiger partial charge in [-0.25, -0.2) is 9.97 Å². The van der Waals surface area contributed by atoms with Crippen LogP contribution in [0.25, 0.3) is 11.0 Å². The molecule has 2 aromatic heterocycles. The minimum atomic E-state index is -1.65. The Morgan fingerprint density at radius 3 is 2.80 bits per heavy atom. The van der Waals surface area contributed by atoms with Gasteiger partial charge in [-0.15, -0.1) is 0 Å². The number of fused-ring (bicyclic) bond motifs is 2. The summed E-state index contributed by atoms with van der Waals surface area (Å²) in [5.41, 5.74) is 2.98. The summed E-state index contributed by atoms with van der Waals surface area (Å²) >= 11 is 0. The summed E-state index contributed by atoms with van der Waals surface area (Å²) in [5.74, 6) is 0.329. The van der Waals surface area contributed by atoms with Crippen LogP contribution in [0.5, 0.6) is 0 Å². The topological polar surface area (TPSA) is 127 Å². The molecule has 106 valence electrons. The second-order valence-corrected chi connectivity index (χ2v) is 5.55. The number of aliphatic hydroxyl groups is 3. The quantitative estimate of drug-likeness (QED) is 0.514. The van der Waals surface area contributed by atoms with Crippen LogP contribution >= 0.6 is 0 Å². The number of hydrogen-bond acceptors (Lipinski definition) is 7. The molecule has 0 spiro atoms. The second-order valence-electron chi connectivity index (χ2n) is 5.55. The molecule has 1 saturated carbocycles. The highest BCUT2D eigenvalue weighted by atomic mass is 16.6. The van der Waals surface area contributed by atoms with E-state index in [0.717, 1.165) is 0 Å². The van der Waals surface area contributed by atoms with Crippen molar-refractivity contribution in [2.45, 2.75) is 36.6 Å². The van der Waals surface area contributed by atoms with E-state index in [1.165, 1.54) is 13.3 Å². The summed E-state index contributed by atoms with van der Waals surface area (Å²) in [5, 5.41) is 31.1. The molecule has 8 nitrogen and oxygen atoms in total. The molecule has 0 amide bonds. The van der Waals surface area contributed by atoms with Crippen LogP contribution in [0.4, 0.5) is 5.82 Å². The monoisotopic (exact) mass is 278 g/mol. The first-order valence-electron chi connectivity index (χ1n) is 6.24. The van der Waals surface area contributed by atoms with Gasteiger partial charge in [0.05, 0.1) is 5.39 Å². The first kappa shape index (κ1) is 12.0. The number of ether oxygens (including phenoxy) is 1. The van der Waals surface area contributed by atoms with Crippen LogP contribution in [0.1, 0.15) is 13.2 Å². The normalized spacial score (nSPS) is 42.9. The van der Waals surface area contributed by atoms with Gasteiger partial charge in [0.15, 0.2) is 11.8 Å². The molecule has 0 aromatic carbocycles. The Hall–Kier alpha value is -1.74. The molecule has 1 aliphatic heterocycles. The van der Waals surface area contributed by atoms with Crippen molar-refractivity contribution in [2.75, 3.05) is 5.73 Å². The lowest BCUT2D eigenvalue weighted by atomic mass is 9.95. The second kappa shape index (κ2) is 3.29. The van der Waals surface area contributed by atoms with E-state index in [1.54, 1.807) is 16.8 Å². The molecule has 8 heteroatoms. The summed E-state index contributed by atoms with van der Waals surface area (Å²) in [4.78, 5) is 8.02. The number of aliphatic hydroxyl groups excluding tert-OH is 1. The first-order chi connectivity index (χ1) is 9.39. The summed E-state index contributed by atoms with van der Waals surface area (Å²) in [7, 11) is 0. The van der Waals surface area contributed by atoms with Gasteiger partial charge in [-0.05, 0) is 13.0 Å². The molecule has 1 saturated heterocycles. The summed E-state index contributed by atoms with van der Waals surface area (Å²) < 4.78 is 7.16. The zero-order chi connectivity index (χ0) is 14.3. The van der Waals surface area contributed by atoms with Gasteiger partial charge >= 0.3 is 0 Å². The van der Waals surface area contributed by atoms with Crippen molar-refractivity contribution in [3.8, 4) is 0 Å². The van der Waals surface area contributed by atoms with Crippen LogP contribution in [0, 0.1) is 0 Å². The Kier molecular flexibility index (Phi) is 1.98. The van der Waals surface area contributed by atoms with Crippen molar-refractivity contribution in [2.24, 2.45) is 0 Å². The highest BCUT2D eigenvalue weighted by Gasteiger charge is 2.82. The first-order valence-corrected chi connectivity index (χ1v) is 6.24. The van der Waals surface area contributed by atoms with Crippen molar-refractivity contribution in [3.63, 3.8) is 0 Å². The Balaban J connectivity index is 1.84. The highest BCUT2D eigenvalue weighted by molar-refractivity contribution is 5.86. The molecule has 0 radical (unpaired) electrons. The van der Waals surface area contributed by atoms with E-state index in [-0.39, 0.29) is 0 Å². The van der Waals surface area contributed by atoms with Crippen molar-refractivity contribution in [3.05, 3.63) is 18.6 Å². The lowest BCUT2D eigenvalue weighted by molar-refractivity contribution is -0.157. The number of nitrogens with zero attached hydrogens (tertiary/aromatic N) is 3. The van der Waals surface area contributed by atoms with E-state index in [1.807, 2.05) is 0 Å². The molecule has 20 heavy (non-hydrogen) atoms. The summed E-state index contributed by atoms with van der Waals surface area (Å²) in [6, 6.07) is 1.72. The van der Waals surface area contributed by atoms with Crippen LogP contribution < -0.4 is 5.73 Å². The molecule has 4 rings (SSSR count). The summed E-state index contributed by atoms with van der Waals surface area (Å²) in [6.45, 7) is 1.43. The average molecular weight is 278 g/mol. The molecule has 5 atom stereocenters. The third-order valence-corrected chi connectivity index (χ3v) is 4.42. The molecule has 1 aliphatic carbocycles. The van der Waals surface area contributed by atoms with Gasteiger partial charge in [-0.3, -0.25) is 0 Å². The zero-order valence-electron chi connectivity index (χ0n) is 10.6. The van der Waals surface area contributed by atoms with Gasteiger partial charge in [0.1, 0.15) is 35.6 Å². The number of nitrogen functional groups attached to an aromatic ring is 1. The SMILES string of the molecule is C[C@]1(O)C(n2ccc3c(N)ncnc32)O[C@@H]2C(O)[C@@]21O. The van der Waals surface area contributed by atoms with E-state index in [4.69, 9.17) is 10.5 Å². The van der Waals surface area contributed by atoms with E-state index >= 15 is 0 Å². The number of rotatable bonds is 1. The summed E-state index contributed by atoms with van der Waals surface area (Å²) in [6.07, 6.45) is 0.263. The maximum absolute atomic E-state index is 10.6. The van der Waals surface area contributed by atoms with Crippen molar-refractivity contribution in [1.29, 1.82) is 0 Å². The zero-order valence-corrected chi connectivity index (χ0v) is 10.6. The molecule has 2 aromatic rings. The minimum Gasteiger partial charge on any atom is -0.387 e. The van der Waals surface area contributed by atoms with E-state index in [9.17, 15) is 15.3 Å². The molecular weight excluding hydrogens is 264 g/mol. The number of anilines is 1. The van der Waals surface area contributed by atoms with Crippen LogP contribution in [0.3, 0.4) is 0 Å². The third-order valence-electron chi connectivity index (χ3n) is 4.42. The van der Waals surface area contributed by atoms with Gasteiger partial charge in [-0.1, -0.05) is 0 Å². The molecule has 3 heterocycles. The molecular formula is C12H14N4O4. The van der Waals surface area contributed by atoms with Crippen LogP contribution in [0.15, 0.2) is 18.6 Å². The highest BCUT2D eigenvalue weighted by Crippen LogP contribution is 2.59. The van der Waals surface area contributed by atoms with Crippen molar-refractivity contribution >= 4 is 16.9 Å². The van der Waals surface area contributed by atoms with Gasteiger partial charge in [-0.2, -0.15) is 0 Å². The lowest BCUT2D eigenvalue weighted by Crippen LogP contribution is -2.48. The van der Waals surface area contributed by atoms with Crippen LogP contribution in [-0.4, -0.2) is 53.3 Å². The Labute approximate surface area is 113 Å². The fourth-order valence-electron chi connectivity index (χ4n) is 3.08. The maximum Gasteiger partial charge on any atom is 0.167 e. The lowest BCUT2D eigenvalue weighted by Gasteiger charge is -2.32. The van der Waals surface area contributed by atoms with E-state index in [0.29, 0.717) is 16.9 Å². The smallest absolute Gasteiger partial charge is 0.167 e. The van der Waals surface area contributed by atoms with E-state index in [2.05, 4.69) is 9.97 Å². The molecule has 2 aliphatic rings. The fraction of sp³-hybridized carbons (Fsp3) is 0.500. The van der Waals surface area contributed by atoms with Crippen LogP contribution in [0.2, 0.25) is 0 Å². The predicted octanol–water partition coefficient (Wildman–Crippen LogP) is -1.23. The average Bonchev–Trinajstić information content (AvgIpc) is 2.75. The van der Waals surface area contributed by atoms with Gasteiger partial charge < -0.3 is 30.4 Å². The van der Waals surface area contributed by atoms with Crippen molar-refractivity contribution < 1.29 is 20.1 Å². The van der Waals surface area contributed by atoms with Gasteiger partial charge in [0, 0.05) is 6.20 Å². The molecule has 2 fully saturated rings. The largest absolute Gasteiger partial charge is 0.387 e. The molecule has 0 bridgehead atoms. The fourth-order valence-corrected chi connectivity index (χ4v) is 3.08. The predicted molar refractivity (Wildman–Crippen MR) is 67.4 cm³/mol. The van der Waals surface area contributed by atoms with Crippen LogP contribution in [-0.2, 0) is 4.74 Å². The number of aromatic nitrogens is 3. The Bertz CT molecular complexity index is 715. The third kappa shape index (κ3) is 1.12. The Morgan fingerprint density at radius 2 is 2.15 bits per heavy atom. The number of nitrogens with two attached hydrogens (primary N) is 1. The molecule has 2 unspecified atom stereocenters.